The predicted molar refractivity (Wildman–Crippen MR) is 133 cm³/mol. The molecule has 0 saturated carbocycles. The van der Waals surface area contributed by atoms with Gasteiger partial charge in [0.15, 0.2) is 5.96 Å². The minimum Gasteiger partial charge on any atom is -0.508 e. The maximum atomic E-state index is 12.1. The molecule has 31 heavy (non-hydrogen) atoms. The first kappa shape index (κ1) is 26.3. The zero-order chi connectivity index (χ0) is 21.9. The summed E-state index contributed by atoms with van der Waals surface area (Å²) in [4.78, 5) is 18.7. The molecule has 0 heterocycles. The zero-order valence-electron chi connectivity index (χ0n) is 18.3. The normalized spacial score (nSPS) is 10.6. The van der Waals surface area contributed by atoms with Gasteiger partial charge in [-0.1, -0.05) is 0 Å². The summed E-state index contributed by atoms with van der Waals surface area (Å²) in [5, 5.41) is 15.4. The van der Waals surface area contributed by atoms with Gasteiger partial charge in [0.1, 0.15) is 17.2 Å². The number of amides is 1. The van der Waals surface area contributed by atoms with Crippen LogP contribution in [0.4, 0.5) is 0 Å². The molecular formula is C22H31IN4O4. The molecule has 0 atom stereocenters. The molecule has 0 aliphatic heterocycles. The van der Waals surface area contributed by atoms with E-state index in [0.717, 1.165) is 29.6 Å². The number of hydrogen-bond donors (Lipinski definition) is 3. The average molecular weight is 542 g/mol. The Morgan fingerprint density at radius 2 is 1.81 bits per heavy atom. The first-order valence-corrected chi connectivity index (χ1v) is 9.76. The van der Waals surface area contributed by atoms with E-state index in [0.29, 0.717) is 25.2 Å². The number of rotatable bonds is 9. The molecule has 9 heteroatoms. The number of halogens is 1. The van der Waals surface area contributed by atoms with Crippen LogP contribution in [-0.2, 0) is 6.54 Å². The third-order valence-electron chi connectivity index (χ3n) is 4.39. The van der Waals surface area contributed by atoms with Crippen molar-refractivity contribution in [3.63, 3.8) is 0 Å². The van der Waals surface area contributed by atoms with E-state index < -0.39 is 0 Å². The summed E-state index contributed by atoms with van der Waals surface area (Å²) in [5.74, 6) is 2.14. The number of carbonyl (C=O) groups is 1. The van der Waals surface area contributed by atoms with Crippen molar-refractivity contribution in [2.75, 3.05) is 40.9 Å². The second-order valence-electron chi connectivity index (χ2n) is 6.57. The zero-order valence-corrected chi connectivity index (χ0v) is 20.7. The molecule has 0 aromatic heterocycles. The Bertz CT molecular complexity index is 859. The number of hydrogen-bond acceptors (Lipinski definition) is 5. The van der Waals surface area contributed by atoms with Gasteiger partial charge in [-0.25, -0.2) is 0 Å². The Balaban J connectivity index is 0.00000480. The Labute approximate surface area is 200 Å². The molecule has 0 saturated heterocycles. The van der Waals surface area contributed by atoms with E-state index in [1.54, 1.807) is 26.4 Å². The second-order valence-corrected chi connectivity index (χ2v) is 6.57. The number of nitrogens with zero attached hydrogens (tertiary/aromatic N) is 2. The monoisotopic (exact) mass is 542 g/mol. The first-order chi connectivity index (χ1) is 14.5. The number of phenolic OH excluding ortho intramolecular Hbond substituents is 1. The van der Waals surface area contributed by atoms with Gasteiger partial charge in [0, 0.05) is 43.9 Å². The summed E-state index contributed by atoms with van der Waals surface area (Å²) < 4.78 is 10.7. The van der Waals surface area contributed by atoms with Crippen LogP contribution >= 0.6 is 24.0 Å². The highest BCUT2D eigenvalue weighted by atomic mass is 127. The summed E-state index contributed by atoms with van der Waals surface area (Å²) in [6.45, 7) is 4.15. The van der Waals surface area contributed by atoms with Crippen molar-refractivity contribution in [1.29, 1.82) is 0 Å². The van der Waals surface area contributed by atoms with E-state index in [1.165, 1.54) is 12.1 Å². The molecule has 2 aromatic carbocycles. The molecule has 1 amide bonds. The maximum absolute atomic E-state index is 12.1. The number of guanidine groups is 1. The molecule has 0 radical (unpaired) electrons. The van der Waals surface area contributed by atoms with Crippen molar-refractivity contribution in [3.05, 3.63) is 53.6 Å². The van der Waals surface area contributed by atoms with Gasteiger partial charge in [-0.2, -0.15) is 0 Å². The fraction of sp³-hybridized carbons (Fsp3) is 0.364. The Morgan fingerprint density at radius 3 is 2.42 bits per heavy atom. The van der Waals surface area contributed by atoms with E-state index in [-0.39, 0.29) is 35.6 Å². The van der Waals surface area contributed by atoms with E-state index in [2.05, 4.69) is 15.6 Å². The SMILES string of the molecule is CCNC(=NCCNC(=O)c1ccc(O)cc1)N(C)Cc1ccc(OC)cc1OC.I. The largest absolute Gasteiger partial charge is 0.508 e. The first-order valence-electron chi connectivity index (χ1n) is 9.76. The van der Waals surface area contributed by atoms with Crippen LogP contribution in [0, 0.1) is 0 Å². The molecule has 2 rings (SSSR count). The number of methoxy groups -OCH3 is 2. The van der Waals surface area contributed by atoms with Gasteiger partial charge in [-0.05, 0) is 43.3 Å². The molecule has 3 N–H and O–H groups in total. The van der Waals surface area contributed by atoms with Crippen LogP contribution < -0.4 is 20.1 Å². The summed E-state index contributed by atoms with van der Waals surface area (Å²) in [5.41, 5.74) is 1.50. The Kier molecular flexibility index (Phi) is 11.5. The third-order valence-corrected chi connectivity index (χ3v) is 4.39. The maximum Gasteiger partial charge on any atom is 0.251 e. The molecule has 0 aliphatic carbocycles. The summed E-state index contributed by atoms with van der Waals surface area (Å²) in [6.07, 6.45) is 0. The van der Waals surface area contributed by atoms with Crippen LogP contribution in [0.2, 0.25) is 0 Å². The predicted octanol–water partition coefficient (Wildman–Crippen LogP) is 2.85. The topological polar surface area (TPSA) is 95.4 Å². The van der Waals surface area contributed by atoms with Crippen molar-refractivity contribution in [2.24, 2.45) is 4.99 Å². The highest BCUT2D eigenvalue weighted by Gasteiger charge is 2.11. The van der Waals surface area contributed by atoms with Crippen LogP contribution in [0.15, 0.2) is 47.5 Å². The third kappa shape index (κ3) is 8.16. The lowest BCUT2D eigenvalue weighted by atomic mass is 10.2. The number of ether oxygens (including phenoxy) is 2. The van der Waals surface area contributed by atoms with Crippen molar-refractivity contribution in [1.82, 2.24) is 15.5 Å². The number of carbonyl (C=O) groups excluding carboxylic acids is 1. The summed E-state index contributed by atoms with van der Waals surface area (Å²) in [6, 6.07) is 11.8. The van der Waals surface area contributed by atoms with E-state index in [9.17, 15) is 9.90 Å². The lowest BCUT2D eigenvalue weighted by molar-refractivity contribution is 0.0955. The van der Waals surface area contributed by atoms with Gasteiger partial charge in [0.05, 0.1) is 20.8 Å². The Morgan fingerprint density at radius 1 is 1.10 bits per heavy atom. The number of benzene rings is 2. The standard InChI is InChI=1S/C22H30N4O4.HI/c1-5-23-22(25-13-12-24-21(28)16-6-9-18(27)10-7-16)26(2)15-17-8-11-19(29-3)14-20(17)30-4;/h6-11,14,27H,5,12-13,15H2,1-4H3,(H,23,25)(H,24,28);1H. The second kappa shape index (κ2) is 13.6. The molecule has 0 bridgehead atoms. The molecule has 170 valence electrons. The molecule has 8 nitrogen and oxygen atoms in total. The van der Waals surface area contributed by atoms with Crippen LogP contribution in [0.25, 0.3) is 0 Å². The number of aliphatic imine (C=N–C) groups is 1. The molecule has 2 aromatic rings. The van der Waals surface area contributed by atoms with Gasteiger partial charge in [-0.15, -0.1) is 24.0 Å². The van der Waals surface area contributed by atoms with Crippen LogP contribution in [0.1, 0.15) is 22.8 Å². The van der Waals surface area contributed by atoms with Gasteiger partial charge in [-0.3, -0.25) is 9.79 Å². The molecule has 0 unspecified atom stereocenters. The minimum atomic E-state index is -0.202. The van der Waals surface area contributed by atoms with Crippen molar-refractivity contribution in [3.8, 4) is 17.2 Å². The average Bonchev–Trinajstić information content (AvgIpc) is 2.76. The van der Waals surface area contributed by atoms with Crippen LogP contribution in [0.3, 0.4) is 0 Å². The highest BCUT2D eigenvalue weighted by molar-refractivity contribution is 14.0. The van der Waals surface area contributed by atoms with E-state index in [4.69, 9.17) is 9.47 Å². The number of nitrogens with one attached hydrogen (secondary N) is 2. The number of aromatic hydroxyl groups is 1. The van der Waals surface area contributed by atoms with Crippen molar-refractivity contribution in [2.45, 2.75) is 13.5 Å². The number of phenols is 1. The lowest BCUT2D eigenvalue weighted by Crippen LogP contribution is -2.39. The van der Waals surface area contributed by atoms with Crippen LogP contribution in [0.5, 0.6) is 17.2 Å². The minimum absolute atomic E-state index is 0. The fourth-order valence-electron chi connectivity index (χ4n) is 2.83. The molecule has 0 fully saturated rings. The van der Waals surface area contributed by atoms with Crippen molar-refractivity contribution >= 4 is 35.8 Å². The highest BCUT2D eigenvalue weighted by Crippen LogP contribution is 2.25. The van der Waals surface area contributed by atoms with Gasteiger partial charge < -0.3 is 30.1 Å². The molecule has 0 aliphatic rings. The fourth-order valence-corrected chi connectivity index (χ4v) is 2.83. The summed E-state index contributed by atoms with van der Waals surface area (Å²) in [7, 11) is 5.20. The Hall–Kier alpha value is -2.69. The van der Waals surface area contributed by atoms with E-state index in [1.807, 2.05) is 37.1 Å². The van der Waals surface area contributed by atoms with Gasteiger partial charge in [0.2, 0.25) is 0 Å². The van der Waals surface area contributed by atoms with Crippen LogP contribution in [-0.4, -0.2) is 62.8 Å². The molecular weight excluding hydrogens is 511 g/mol. The summed E-state index contributed by atoms with van der Waals surface area (Å²) >= 11 is 0. The molecule has 0 spiro atoms. The quantitative estimate of drug-likeness (QED) is 0.195. The lowest BCUT2D eigenvalue weighted by Gasteiger charge is -2.23. The van der Waals surface area contributed by atoms with E-state index >= 15 is 0 Å². The van der Waals surface area contributed by atoms with Crippen molar-refractivity contribution < 1.29 is 19.4 Å². The van der Waals surface area contributed by atoms with Gasteiger partial charge in [0.25, 0.3) is 5.91 Å². The van der Waals surface area contributed by atoms with Gasteiger partial charge >= 0.3 is 0 Å². The smallest absolute Gasteiger partial charge is 0.251 e.